The van der Waals surface area contributed by atoms with Crippen molar-refractivity contribution >= 4 is 27.3 Å². The van der Waals surface area contributed by atoms with Gasteiger partial charge in [-0.1, -0.05) is 13.8 Å². The van der Waals surface area contributed by atoms with Crippen LogP contribution in [0.4, 0.5) is 0 Å². The summed E-state index contributed by atoms with van der Waals surface area (Å²) in [4.78, 5) is 1.45. The van der Waals surface area contributed by atoms with Gasteiger partial charge in [0.25, 0.3) is 0 Å². The maximum absolute atomic E-state index is 3.45. The largest absolute Gasteiger partial charge is 0.316 e. The first-order chi connectivity index (χ1) is 6.18. The molecule has 1 N–H and O–H groups in total. The molecule has 0 amide bonds. The Bertz CT molecular complexity index is 245. The first-order valence-corrected chi connectivity index (χ1v) is 6.29. The minimum atomic E-state index is 0.745. The zero-order chi connectivity index (χ0) is 9.68. The van der Waals surface area contributed by atoms with E-state index in [2.05, 4.69) is 46.5 Å². The minimum absolute atomic E-state index is 0.745. The predicted octanol–water partition coefficient (Wildman–Crippen LogP) is 3.30. The molecule has 0 atom stereocenters. The average molecular weight is 262 g/mol. The van der Waals surface area contributed by atoms with E-state index in [-0.39, 0.29) is 0 Å². The summed E-state index contributed by atoms with van der Waals surface area (Å²) in [5.74, 6) is 0.745. The minimum Gasteiger partial charge on any atom is -0.316 e. The zero-order valence-electron chi connectivity index (χ0n) is 8.14. The van der Waals surface area contributed by atoms with Crippen LogP contribution < -0.4 is 5.32 Å². The summed E-state index contributed by atoms with van der Waals surface area (Å²) >= 11 is 5.28. The van der Waals surface area contributed by atoms with Gasteiger partial charge in [-0.3, -0.25) is 0 Å². The summed E-state index contributed by atoms with van der Waals surface area (Å²) in [6.45, 7) is 6.67. The third-order valence-corrected chi connectivity index (χ3v) is 3.48. The molecule has 0 aromatic carbocycles. The van der Waals surface area contributed by atoms with Crippen molar-refractivity contribution in [3.05, 3.63) is 20.8 Å². The Morgan fingerprint density at radius 2 is 2.31 bits per heavy atom. The highest BCUT2D eigenvalue weighted by atomic mass is 79.9. The Hall–Kier alpha value is 0.140. The molecule has 0 saturated heterocycles. The molecular weight excluding hydrogens is 246 g/mol. The molecule has 1 heterocycles. The smallest absolute Gasteiger partial charge is 0.0285 e. The van der Waals surface area contributed by atoms with Gasteiger partial charge < -0.3 is 5.32 Å². The number of thiophene rings is 1. The van der Waals surface area contributed by atoms with Crippen LogP contribution in [0, 0.1) is 5.92 Å². The summed E-state index contributed by atoms with van der Waals surface area (Å²) < 4.78 is 1.20. The predicted molar refractivity (Wildman–Crippen MR) is 63.4 cm³/mol. The first kappa shape index (κ1) is 11.2. The molecule has 0 spiro atoms. The highest BCUT2D eigenvalue weighted by molar-refractivity contribution is 9.10. The molecule has 0 unspecified atom stereocenters. The lowest BCUT2D eigenvalue weighted by Crippen LogP contribution is -2.21. The molecule has 1 aromatic heterocycles. The van der Waals surface area contributed by atoms with Crippen molar-refractivity contribution in [3.8, 4) is 0 Å². The van der Waals surface area contributed by atoms with E-state index in [4.69, 9.17) is 0 Å². The molecule has 0 aliphatic rings. The van der Waals surface area contributed by atoms with E-state index in [9.17, 15) is 0 Å². The molecule has 13 heavy (non-hydrogen) atoms. The van der Waals surface area contributed by atoms with Gasteiger partial charge >= 0.3 is 0 Å². The molecule has 0 fully saturated rings. The summed E-state index contributed by atoms with van der Waals surface area (Å²) in [6, 6.07) is 2.20. The van der Waals surface area contributed by atoms with Crippen molar-refractivity contribution < 1.29 is 0 Å². The van der Waals surface area contributed by atoms with Crippen LogP contribution in [0.25, 0.3) is 0 Å². The quantitative estimate of drug-likeness (QED) is 0.803. The van der Waals surface area contributed by atoms with Crippen LogP contribution in [-0.2, 0) is 6.42 Å². The highest BCUT2D eigenvalue weighted by Crippen LogP contribution is 2.19. The SMILES string of the molecule is CC(C)CNCCc1cc(Br)cs1. The Kier molecular flexibility index (Phi) is 4.99. The molecule has 0 bridgehead atoms. The first-order valence-electron chi connectivity index (χ1n) is 4.62. The molecule has 0 saturated carbocycles. The van der Waals surface area contributed by atoms with Crippen LogP contribution in [0.2, 0.25) is 0 Å². The van der Waals surface area contributed by atoms with Crippen molar-refractivity contribution in [3.63, 3.8) is 0 Å². The monoisotopic (exact) mass is 261 g/mol. The Morgan fingerprint density at radius 1 is 1.54 bits per heavy atom. The second-order valence-corrected chi connectivity index (χ2v) is 5.49. The lowest BCUT2D eigenvalue weighted by Gasteiger charge is -2.05. The lowest BCUT2D eigenvalue weighted by molar-refractivity contribution is 0.555. The molecule has 1 rings (SSSR count). The van der Waals surface area contributed by atoms with Gasteiger partial charge in [-0.15, -0.1) is 11.3 Å². The average Bonchev–Trinajstić information content (AvgIpc) is 2.45. The van der Waals surface area contributed by atoms with Gasteiger partial charge in [-0.05, 0) is 47.4 Å². The zero-order valence-corrected chi connectivity index (χ0v) is 10.5. The molecule has 0 aliphatic carbocycles. The van der Waals surface area contributed by atoms with Crippen molar-refractivity contribution in [2.45, 2.75) is 20.3 Å². The normalized spacial score (nSPS) is 11.1. The van der Waals surface area contributed by atoms with Gasteiger partial charge in [-0.2, -0.15) is 0 Å². The standard InChI is InChI=1S/C10H16BrNS/c1-8(2)6-12-4-3-10-5-9(11)7-13-10/h5,7-8,12H,3-4,6H2,1-2H3. The van der Waals surface area contributed by atoms with Crippen molar-refractivity contribution in [1.29, 1.82) is 0 Å². The van der Waals surface area contributed by atoms with Gasteiger partial charge in [0, 0.05) is 14.7 Å². The van der Waals surface area contributed by atoms with Crippen molar-refractivity contribution in [2.24, 2.45) is 5.92 Å². The molecule has 74 valence electrons. The highest BCUT2D eigenvalue weighted by Gasteiger charge is 1.97. The van der Waals surface area contributed by atoms with Crippen LogP contribution in [-0.4, -0.2) is 13.1 Å². The van der Waals surface area contributed by atoms with E-state index in [1.54, 1.807) is 0 Å². The fraction of sp³-hybridized carbons (Fsp3) is 0.600. The van der Waals surface area contributed by atoms with Crippen LogP contribution in [0.15, 0.2) is 15.9 Å². The number of hydrogen-bond donors (Lipinski definition) is 1. The van der Waals surface area contributed by atoms with E-state index in [0.717, 1.165) is 25.4 Å². The molecule has 1 aromatic rings. The van der Waals surface area contributed by atoms with E-state index in [1.165, 1.54) is 9.35 Å². The molecular formula is C10H16BrNS. The summed E-state index contributed by atoms with van der Waals surface area (Å²) in [7, 11) is 0. The summed E-state index contributed by atoms with van der Waals surface area (Å²) in [5.41, 5.74) is 0. The molecule has 1 nitrogen and oxygen atoms in total. The lowest BCUT2D eigenvalue weighted by atomic mass is 10.2. The molecule has 0 radical (unpaired) electrons. The van der Waals surface area contributed by atoms with Crippen LogP contribution in [0.5, 0.6) is 0 Å². The molecule has 3 heteroatoms. The third-order valence-electron chi connectivity index (χ3n) is 1.72. The maximum atomic E-state index is 3.45. The van der Waals surface area contributed by atoms with Gasteiger partial charge in [0.1, 0.15) is 0 Å². The summed E-state index contributed by atoms with van der Waals surface area (Å²) in [5, 5.41) is 5.57. The topological polar surface area (TPSA) is 12.0 Å². The second kappa shape index (κ2) is 5.78. The van der Waals surface area contributed by atoms with Crippen LogP contribution in [0.3, 0.4) is 0 Å². The Balaban J connectivity index is 2.13. The van der Waals surface area contributed by atoms with Gasteiger partial charge in [0.2, 0.25) is 0 Å². The Morgan fingerprint density at radius 3 is 2.85 bits per heavy atom. The number of halogens is 1. The van der Waals surface area contributed by atoms with Crippen LogP contribution in [0.1, 0.15) is 18.7 Å². The van der Waals surface area contributed by atoms with Crippen molar-refractivity contribution in [2.75, 3.05) is 13.1 Å². The number of nitrogens with one attached hydrogen (secondary N) is 1. The number of rotatable bonds is 5. The van der Waals surface area contributed by atoms with E-state index in [1.807, 2.05) is 11.3 Å². The fourth-order valence-electron chi connectivity index (χ4n) is 1.09. The van der Waals surface area contributed by atoms with Gasteiger partial charge in [0.05, 0.1) is 0 Å². The van der Waals surface area contributed by atoms with Gasteiger partial charge in [0.15, 0.2) is 0 Å². The van der Waals surface area contributed by atoms with Gasteiger partial charge in [-0.25, -0.2) is 0 Å². The third kappa shape index (κ3) is 4.79. The van der Waals surface area contributed by atoms with E-state index >= 15 is 0 Å². The summed E-state index contributed by atoms with van der Waals surface area (Å²) in [6.07, 6.45) is 1.14. The van der Waals surface area contributed by atoms with E-state index in [0.29, 0.717) is 0 Å². The van der Waals surface area contributed by atoms with Crippen LogP contribution >= 0.6 is 27.3 Å². The Labute approximate surface area is 92.7 Å². The molecule has 0 aliphatic heterocycles. The van der Waals surface area contributed by atoms with Crippen molar-refractivity contribution in [1.82, 2.24) is 5.32 Å². The second-order valence-electron chi connectivity index (χ2n) is 3.58. The number of hydrogen-bond acceptors (Lipinski definition) is 2. The van der Waals surface area contributed by atoms with E-state index < -0.39 is 0 Å². The maximum Gasteiger partial charge on any atom is 0.0285 e. The fourth-order valence-corrected chi connectivity index (χ4v) is 2.54.